The first kappa shape index (κ1) is 5.47. The molecule has 2 nitrogen and oxygen atoms in total. The smallest absolute Gasteiger partial charge is 0.0869 e. The third-order valence-electron chi connectivity index (χ3n) is 1.59. The highest BCUT2D eigenvalue weighted by molar-refractivity contribution is 5.70. The molecule has 0 bridgehead atoms. The Kier molecular flexibility index (Phi) is 1.17. The summed E-state index contributed by atoms with van der Waals surface area (Å²) in [7, 11) is 0. The van der Waals surface area contributed by atoms with Crippen molar-refractivity contribution in [2.45, 2.75) is 6.04 Å². The number of allylic oxidation sites excluding steroid dienone is 2. The van der Waals surface area contributed by atoms with Gasteiger partial charge in [0.25, 0.3) is 0 Å². The maximum atomic E-state index is 4.03. The van der Waals surface area contributed by atoms with Gasteiger partial charge in [0.15, 0.2) is 0 Å². The van der Waals surface area contributed by atoms with E-state index in [1.165, 1.54) is 0 Å². The quantitative estimate of drug-likeness (QED) is 0.485. The molecule has 0 aromatic carbocycles. The number of nitrogens with zero attached hydrogens (tertiary/aromatic N) is 2. The van der Waals surface area contributed by atoms with E-state index in [0.29, 0.717) is 6.04 Å². The molecule has 1 atom stereocenters. The summed E-state index contributed by atoms with van der Waals surface area (Å²) in [6.07, 6.45) is 13.9. The molecular formula is C8H8N2. The summed E-state index contributed by atoms with van der Waals surface area (Å²) in [6.45, 7) is 0. The van der Waals surface area contributed by atoms with Crippen molar-refractivity contribution in [1.82, 2.24) is 4.90 Å². The van der Waals surface area contributed by atoms with Crippen LogP contribution in [0.25, 0.3) is 0 Å². The molecule has 2 heterocycles. The summed E-state index contributed by atoms with van der Waals surface area (Å²) in [5, 5.41) is 0. The predicted molar refractivity (Wildman–Crippen MR) is 41.5 cm³/mol. The minimum atomic E-state index is 0.343. The van der Waals surface area contributed by atoms with Gasteiger partial charge in [-0.25, -0.2) is 0 Å². The molecule has 0 spiro atoms. The van der Waals surface area contributed by atoms with Crippen LogP contribution in [-0.2, 0) is 0 Å². The van der Waals surface area contributed by atoms with Crippen molar-refractivity contribution in [2.75, 3.05) is 0 Å². The fourth-order valence-electron chi connectivity index (χ4n) is 1.05. The largest absolute Gasteiger partial charge is 0.341 e. The Hall–Kier alpha value is -1.31. The molecule has 0 saturated carbocycles. The molecule has 0 fully saturated rings. The second-order valence-electron chi connectivity index (χ2n) is 2.26. The van der Waals surface area contributed by atoms with E-state index in [0.717, 1.165) is 0 Å². The van der Waals surface area contributed by atoms with Crippen molar-refractivity contribution >= 4 is 6.21 Å². The van der Waals surface area contributed by atoms with Crippen LogP contribution in [-0.4, -0.2) is 17.2 Å². The van der Waals surface area contributed by atoms with Gasteiger partial charge in [0.1, 0.15) is 0 Å². The second-order valence-corrected chi connectivity index (χ2v) is 2.26. The number of aliphatic imine (C=N–C) groups is 1. The van der Waals surface area contributed by atoms with Crippen molar-refractivity contribution in [3.63, 3.8) is 0 Å². The highest BCUT2D eigenvalue weighted by Crippen LogP contribution is 2.09. The Morgan fingerprint density at radius 3 is 3.10 bits per heavy atom. The Labute approximate surface area is 59.9 Å². The van der Waals surface area contributed by atoms with E-state index >= 15 is 0 Å². The molecule has 2 aliphatic rings. The second kappa shape index (κ2) is 2.14. The highest BCUT2D eigenvalue weighted by Gasteiger charge is 2.10. The van der Waals surface area contributed by atoms with E-state index < -0.39 is 0 Å². The highest BCUT2D eigenvalue weighted by atomic mass is 15.1. The summed E-state index contributed by atoms with van der Waals surface area (Å²) in [5.41, 5.74) is 0. The van der Waals surface area contributed by atoms with Crippen LogP contribution >= 0.6 is 0 Å². The number of hydrogen-bond acceptors (Lipinski definition) is 2. The van der Waals surface area contributed by atoms with Gasteiger partial charge in [-0.05, 0) is 6.08 Å². The lowest BCUT2D eigenvalue weighted by molar-refractivity contribution is 0.500. The predicted octanol–water partition coefficient (Wildman–Crippen LogP) is 1.30. The summed E-state index contributed by atoms with van der Waals surface area (Å²) in [5.74, 6) is 0. The van der Waals surface area contributed by atoms with Gasteiger partial charge >= 0.3 is 0 Å². The van der Waals surface area contributed by atoms with E-state index in [2.05, 4.69) is 16.0 Å². The lowest BCUT2D eigenvalue weighted by atomic mass is 10.2. The van der Waals surface area contributed by atoms with Gasteiger partial charge in [0.2, 0.25) is 0 Å². The number of rotatable bonds is 0. The van der Waals surface area contributed by atoms with E-state index in [9.17, 15) is 0 Å². The van der Waals surface area contributed by atoms with Crippen LogP contribution in [0.2, 0.25) is 0 Å². The van der Waals surface area contributed by atoms with Gasteiger partial charge in [-0.3, -0.25) is 4.99 Å². The van der Waals surface area contributed by atoms with Crippen LogP contribution < -0.4 is 0 Å². The zero-order valence-electron chi connectivity index (χ0n) is 5.51. The molecule has 0 amide bonds. The fraction of sp³-hybridized carbons (Fsp3) is 0.125. The standard InChI is InChI=1S/C8H8N2/c1-2-5-10-6-4-9-7-8(10)3-1/h1-8H/t8-/m0/s1. The van der Waals surface area contributed by atoms with E-state index in [4.69, 9.17) is 0 Å². The Balaban J connectivity index is 2.28. The Bertz CT molecular complexity index is 186. The molecule has 0 aromatic heterocycles. The minimum absolute atomic E-state index is 0.343. The van der Waals surface area contributed by atoms with Crippen molar-refractivity contribution in [1.29, 1.82) is 0 Å². The van der Waals surface area contributed by atoms with Gasteiger partial charge in [0.05, 0.1) is 6.04 Å². The normalized spacial score (nSPS) is 27.2. The first-order valence-corrected chi connectivity index (χ1v) is 3.29. The number of hydrogen-bond donors (Lipinski definition) is 0. The van der Waals surface area contributed by atoms with Crippen LogP contribution in [0.1, 0.15) is 0 Å². The average Bonchev–Trinajstić information content (AvgIpc) is 2.05. The molecule has 2 rings (SSSR count). The maximum absolute atomic E-state index is 4.03. The third kappa shape index (κ3) is 0.778. The lowest BCUT2D eigenvalue weighted by Gasteiger charge is -2.25. The van der Waals surface area contributed by atoms with E-state index in [1.807, 2.05) is 30.8 Å². The average molecular weight is 132 g/mol. The van der Waals surface area contributed by atoms with Gasteiger partial charge in [-0.2, -0.15) is 0 Å². The molecule has 0 saturated heterocycles. The molecule has 0 radical (unpaired) electrons. The van der Waals surface area contributed by atoms with Gasteiger partial charge in [-0.1, -0.05) is 12.2 Å². The SMILES string of the molecule is C1=C[C@H]2C=NC=CN2C=C1. The van der Waals surface area contributed by atoms with Crippen molar-refractivity contribution in [2.24, 2.45) is 4.99 Å². The summed E-state index contributed by atoms with van der Waals surface area (Å²) < 4.78 is 0. The maximum Gasteiger partial charge on any atom is 0.0869 e. The van der Waals surface area contributed by atoms with Crippen LogP contribution in [0.3, 0.4) is 0 Å². The van der Waals surface area contributed by atoms with Gasteiger partial charge in [-0.15, -0.1) is 0 Å². The molecule has 0 aliphatic carbocycles. The van der Waals surface area contributed by atoms with Crippen molar-refractivity contribution in [3.05, 3.63) is 36.8 Å². The Morgan fingerprint density at radius 1 is 1.20 bits per heavy atom. The van der Waals surface area contributed by atoms with Crippen LogP contribution in [0, 0.1) is 0 Å². The van der Waals surface area contributed by atoms with Crippen molar-refractivity contribution in [3.8, 4) is 0 Å². The molecular weight excluding hydrogens is 124 g/mol. The lowest BCUT2D eigenvalue weighted by Crippen LogP contribution is -2.28. The molecule has 0 N–H and O–H groups in total. The van der Waals surface area contributed by atoms with Crippen LogP contribution in [0.4, 0.5) is 0 Å². The van der Waals surface area contributed by atoms with Gasteiger partial charge < -0.3 is 4.90 Å². The summed E-state index contributed by atoms with van der Waals surface area (Å²) >= 11 is 0. The summed E-state index contributed by atoms with van der Waals surface area (Å²) in [4.78, 5) is 6.13. The zero-order chi connectivity index (χ0) is 6.81. The number of fused-ring (bicyclic) bond motifs is 1. The molecule has 10 heavy (non-hydrogen) atoms. The first-order chi connectivity index (χ1) is 4.97. The van der Waals surface area contributed by atoms with Crippen LogP contribution in [0.5, 0.6) is 0 Å². The molecule has 50 valence electrons. The third-order valence-corrected chi connectivity index (χ3v) is 1.59. The molecule has 2 aliphatic heterocycles. The van der Waals surface area contributed by atoms with Crippen molar-refractivity contribution < 1.29 is 0 Å². The van der Waals surface area contributed by atoms with Crippen LogP contribution in [0.15, 0.2) is 41.8 Å². The fourth-order valence-corrected chi connectivity index (χ4v) is 1.05. The molecule has 0 aromatic rings. The Morgan fingerprint density at radius 2 is 2.20 bits per heavy atom. The monoisotopic (exact) mass is 132 g/mol. The van der Waals surface area contributed by atoms with Gasteiger partial charge in [0, 0.05) is 24.8 Å². The van der Waals surface area contributed by atoms with E-state index in [-0.39, 0.29) is 0 Å². The minimum Gasteiger partial charge on any atom is -0.341 e. The zero-order valence-corrected chi connectivity index (χ0v) is 5.51. The molecule has 2 heteroatoms. The topological polar surface area (TPSA) is 15.6 Å². The summed E-state index contributed by atoms with van der Waals surface area (Å²) in [6, 6.07) is 0.343. The molecule has 0 unspecified atom stereocenters. The van der Waals surface area contributed by atoms with E-state index in [1.54, 1.807) is 6.20 Å². The first-order valence-electron chi connectivity index (χ1n) is 3.29.